The summed E-state index contributed by atoms with van der Waals surface area (Å²) in [6, 6.07) is 0.951. The SMILES string of the molecule is COCc1nc(N2CC3CCCN3CC2C)sc1C(=O)O. The van der Waals surface area contributed by atoms with Crippen molar-refractivity contribution < 1.29 is 14.6 Å². The molecule has 116 valence electrons. The standard InChI is InChI=1S/C14H21N3O3S/c1-9-6-16-5-3-4-10(16)7-17(9)14-15-11(8-20-2)12(21-14)13(18)19/h9-10H,3-8H2,1-2H3,(H,18,19). The molecular weight excluding hydrogens is 290 g/mol. The maximum Gasteiger partial charge on any atom is 0.347 e. The van der Waals surface area contributed by atoms with Crippen LogP contribution in [-0.2, 0) is 11.3 Å². The highest BCUT2D eigenvalue weighted by atomic mass is 32.1. The molecule has 2 saturated heterocycles. The number of aromatic carboxylic acids is 1. The van der Waals surface area contributed by atoms with Crippen molar-refractivity contribution in [3.63, 3.8) is 0 Å². The lowest BCUT2D eigenvalue weighted by Crippen LogP contribution is -2.55. The summed E-state index contributed by atoms with van der Waals surface area (Å²) >= 11 is 1.27. The fourth-order valence-electron chi connectivity index (χ4n) is 3.32. The minimum atomic E-state index is -0.919. The van der Waals surface area contributed by atoms with E-state index in [0.29, 0.717) is 22.7 Å². The second-order valence-electron chi connectivity index (χ2n) is 5.80. The number of thiazole rings is 1. The molecular formula is C14H21N3O3S. The zero-order chi connectivity index (χ0) is 15.0. The number of fused-ring (bicyclic) bond motifs is 1. The van der Waals surface area contributed by atoms with Gasteiger partial charge in [-0.2, -0.15) is 0 Å². The molecule has 0 bridgehead atoms. The Labute approximate surface area is 128 Å². The van der Waals surface area contributed by atoms with Crippen LogP contribution in [0.5, 0.6) is 0 Å². The van der Waals surface area contributed by atoms with Crippen LogP contribution in [0.3, 0.4) is 0 Å². The molecule has 0 amide bonds. The van der Waals surface area contributed by atoms with Gasteiger partial charge in [0.1, 0.15) is 4.88 Å². The van der Waals surface area contributed by atoms with Crippen LogP contribution in [-0.4, -0.2) is 59.8 Å². The van der Waals surface area contributed by atoms with E-state index in [1.165, 1.54) is 30.7 Å². The molecule has 7 heteroatoms. The van der Waals surface area contributed by atoms with E-state index in [4.69, 9.17) is 4.74 Å². The van der Waals surface area contributed by atoms with Crippen LogP contribution in [0.25, 0.3) is 0 Å². The van der Waals surface area contributed by atoms with Gasteiger partial charge in [0.25, 0.3) is 0 Å². The molecule has 21 heavy (non-hydrogen) atoms. The number of anilines is 1. The number of carbonyl (C=O) groups is 1. The minimum absolute atomic E-state index is 0.246. The Morgan fingerprint density at radius 1 is 1.52 bits per heavy atom. The van der Waals surface area contributed by atoms with E-state index in [-0.39, 0.29) is 6.61 Å². The largest absolute Gasteiger partial charge is 0.477 e. The van der Waals surface area contributed by atoms with E-state index >= 15 is 0 Å². The van der Waals surface area contributed by atoms with Gasteiger partial charge in [0.2, 0.25) is 0 Å². The Kier molecular flexibility index (Phi) is 4.14. The van der Waals surface area contributed by atoms with Crippen LogP contribution in [0.2, 0.25) is 0 Å². The van der Waals surface area contributed by atoms with E-state index in [0.717, 1.165) is 18.2 Å². The molecule has 6 nitrogen and oxygen atoms in total. The lowest BCUT2D eigenvalue weighted by Gasteiger charge is -2.42. The summed E-state index contributed by atoms with van der Waals surface area (Å²) in [5, 5.41) is 10.1. The zero-order valence-corrected chi connectivity index (χ0v) is 13.2. The molecule has 1 aromatic heterocycles. The first-order valence-electron chi connectivity index (χ1n) is 7.32. The number of carboxylic acid groups (broad SMARTS) is 1. The van der Waals surface area contributed by atoms with Crippen molar-refractivity contribution in [2.24, 2.45) is 0 Å². The summed E-state index contributed by atoms with van der Waals surface area (Å²) in [5.41, 5.74) is 0.533. The second-order valence-corrected chi connectivity index (χ2v) is 6.78. The average Bonchev–Trinajstić information content (AvgIpc) is 3.04. The molecule has 3 heterocycles. The van der Waals surface area contributed by atoms with Gasteiger partial charge in [-0.3, -0.25) is 4.90 Å². The molecule has 2 unspecified atom stereocenters. The number of aromatic nitrogens is 1. The van der Waals surface area contributed by atoms with Crippen molar-refractivity contribution in [3.8, 4) is 0 Å². The molecule has 0 aliphatic carbocycles. The van der Waals surface area contributed by atoms with Crippen molar-refractivity contribution in [1.82, 2.24) is 9.88 Å². The summed E-state index contributed by atoms with van der Waals surface area (Å²) < 4.78 is 5.07. The number of rotatable bonds is 4. The Bertz CT molecular complexity index is 534. The average molecular weight is 311 g/mol. The van der Waals surface area contributed by atoms with Crippen LogP contribution in [0.1, 0.15) is 35.1 Å². The number of piperazine rings is 1. The van der Waals surface area contributed by atoms with Gasteiger partial charge in [0.05, 0.1) is 12.3 Å². The lowest BCUT2D eigenvalue weighted by atomic mass is 10.1. The fraction of sp³-hybridized carbons (Fsp3) is 0.714. The molecule has 3 rings (SSSR count). The van der Waals surface area contributed by atoms with Crippen molar-refractivity contribution >= 4 is 22.4 Å². The third-order valence-electron chi connectivity index (χ3n) is 4.34. The summed E-state index contributed by atoms with van der Waals surface area (Å²) in [7, 11) is 1.56. The number of carboxylic acids is 1. The Morgan fingerprint density at radius 2 is 2.33 bits per heavy atom. The van der Waals surface area contributed by atoms with Crippen molar-refractivity contribution in [2.45, 2.75) is 38.5 Å². The van der Waals surface area contributed by atoms with E-state index in [1.54, 1.807) is 7.11 Å². The van der Waals surface area contributed by atoms with Crippen LogP contribution >= 0.6 is 11.3 Å². The lowest BCUT2D eigenvalue weighted by molar-refractivity contribution is 0.0697. The summed E-state index contributed by atoms with van der Waals surface area (Å²) in [6.45, 7) is 5.60. The molecule has 2 atom stereocenters. The van der Waals surface area contributed by atoms with E-state index < -0.39 is 5.97 Å². The van der Waals surface area contributed by atoms with Gasteiger partial charge in [0.15, 0.2) is 5.13 Å². The van der Waals surface area contributed by atoms with Crippen LogP contribution in [0, 0.1) is 0 Å². The van der Waals surface area contributed by atoms with Crippen LogP contribution in [0.4, 0.5) is 5.13 Å². The molecule has 2 fully saturated rings. The Morgan fingerprint density at radius 3 is 3.05 bits per heavy atom. The molecule has 0 radical (unpaired) electrons. The normalized spacial score (nSPS) is 26.1. The number of nitrogens with zero attached hydrogens (tertiary/aromatic N) is 3. The molecule has 2 aliphatic rings. The highest BCUT2D eigenvalue weighted by Crippen LogP contribution is 2.33. The third-order valence-corrected chi connectivity index (χ3v) is 5.47. The maximum atomic E-state index is 11.3. The molecule has 1 N–H and O–H groups in total. The predicted octanol–water partition coefficient (Wildman–Crippen LogP) is 1.66. The maximum absolute atomic E-state index is 11.3. The van der Waals surface area contributed by atoms with E-state index in [1.807, 2.05) is 0 Å². The predicted molar refractivity (Wildman–Crippen MR) is 81.2 cm³/mol. The van der Waals surface area contributed by atoms with Gasteiger partial charge in [-0.15, -0.1) is 0 Å². The smallest absolute Gasteiger partial charge is 0.347 e. The van der Waals surface area contributed by atoms with Crippen molar-refractivity contribution in [1.29, 1.82) is 0 Å². The molecule has 0 spiro atoms. The number of hydrogen-bond donors (Lipinski definition) is 1. The Hall–Kier alpha value is -1.18. The van der Waals surface area contributed by atoms with Gasteiger partial charge >= 0.3 is 5.97 Å². The quantitative estimate of drug-likeness (QED) is 0.912. The van der Waals surface area contributed by atoms with E-state index in [2.05, 4.69) is 21.7 Å². The molecule has 0 aromatic carbocycles. The van der Waals surface area contributed by atoms with Crippen LogP contribution in [0.15, 0.2) is 0 Å². The van der Waals surface area contributed by atoms with Gasteiger partial charge in [-0.1, -0.05) is 11.3 Å². The van der Waals surface area contributed by atoms with Gasteiger partial charge in [0, 0.05) is 32.3 Å². The number of hydrogen-bond acceptors (Lipinski definition) is 6. The number of methoxy groups -OCH3 is 1. The highest BCUT2D eigenvalue weighted by molar-refractivity contribution is 7.17. The second kappa shape index (κ2) is 5.90. The molecule has 0 saturated carbocycles. The van der Waals surface area contributed by atoms with Crippen LogP contribution < -0.4 is 4.90 Å². The monoisotopic (exact) mass is 311 g/mol. The first-order valence-corrected chi connectivity index (χ1v) is 8.14. The summed E-state index contributed by atoms with van der Waals surface area (Å²) in [4.78, 5) is 21.0. The molecule has 1 aromatic rings. The third kappa shape index (κ3) is 2.77. The minimum Gasteiger partial charge on any atom is -0.477 e. The fourth-order valence-corrected chi connectivity index (χ4v) is 4.34. The molecule has 2 aliphatic heterocycles. The topological polar surface area (TPSA) is 65.9 Å². The summed E-state index contributed by atoms with van der Waals surface area (Å²) in [5.74, 6) is -0.919. The first kappa shape index (κ1) is 14.7. The van der Waals surface area contributed by atoms with Gasteiger partial charge in [-0.25, -0.2) is 9.78 Å². The van der Waals surface area contributed by atoms with Gasteiger partial charge in [-0.05, 0) is 26.3 Å². The van der Waals surface area contributed by atoms with Gasteiger partial charge < -0.3 is 14.7 Å². The van der Waals surface area contributed by atoms with E-state index in [9.17, 15) is 9.90 Å². The van der Waals surface area contributed by atoms with Crippen molar-refractivity contribution in [2.75, 3.05) is 31.6 Å². The zero-order valence-electron chi connectivity index (χ0n) is 12.4. The highest BCUT2D eigenvalue weighted by Gasteiger charge is 2.36. The number of ether oxygens (including phenoxy) is 1. The first-order chi connectivity index (χ1) is 10.1. The summed E-state index contributed by atoms with van der Waals surface area (Å²) in [6.07, 6.45) is 2.49. The Balaban J connectivity index is 1.85. The van der Waals surface area contributed by atoms with Crippen molar-refractivity contribution in [3.05, 3.63) is 10.6 Å².